The van der Waals surface area contributed by atoms with Gasteiger partial charge in [-0.25, -0.2) is 9.18 Å². The third kappa shape index (κ3) is 3.09. The number of anilines is 1. The van der Waals surface area contributed by atoms with Gasteiger partial charge in [-0.3, -0.25) is 4.90 Å². The molecule has 1 aliphatic rings. The summed E-state index contributed by atoms with van der Waals surface area (Å²) >= 11 is 0. The highest BCUT2D eigenvalue weighted by molar-refractivity contribution is 5.91. The van der Waals surface area contributed by atoms with Crippen LogP contribution in [-0.2, 0) is 10.3 Å². The van der Waals surface area contributed by atoms with E-state index in [-0.39, 0.29) is 17.4 Å². The number of carbonyl (C=O) groups is 1. The van der Waals surface area contributed by atoms with Gasteiger partial charge >= 0.3 is 6.09 Å². The molecule has 1 aromatic carbocycles. The lowest BCUT2D eigenvalue weighted by atomic mass is 9.85. The van der Waals surface area contributed by atoms with Crippen molar-refractivity contribution in [2.45, 2.75) is 58.1 Å². The molecule has 0 aromatic heterocycles. The van der Waals surface area contributed by atoms with Crippen LogP contribution in [0.3, 0.4) is 0 Å². The standard InChI is InChI=1S/C17H25FN2O2/c1-5-17(6-2)13-11-12(18)7-8-14(13)20(15(21)22-17)10-9-16(3,4)19/h7-8,11H,5-6,9-10,19H2,1-4H3. The number of cyclic esters (lactones) is 1. The van der Waals surface area contributed by atoms with Gasteiger partial charge in [-0.2, -0.15) is 0 Å². The van der Waals surface area contributed by atoms with Gasteiger partial charge in [0, 0.05) is 17.6 Å². The molecule has 0 unspecified atom stereocenters. The Kier molecular flexibility index (Phi) is 4.47. The van der Waals surface area contributed by atoms with Crippen molar-refractivity contribution in [3.63, 3.8) is 0 Å². The highest BCUT2D eigenvalue weighted by Gasteiger charge is 2.43. The topological polar surface area (TPSA) is 55.6 Å². The Morgan fingerprint density at radius 3 is 2.50 bits per heavy atom. The van der Waals surface area contributed by atoms with E-state index in [4.69, 9.17) is 10.5 Å². The third-order valence-corrected chi connectivity index (χ3v) is 4.37. The van der Waals surface area contributed by atoms with Gasteiger partial charge in [0.2, 0.25) is 0 Å². The second-order valence-corrected chi connectivity index (χ2v) is 6.62. The van der Waals surface area contributed by atoms with Crippen LogP contribution < -0.4 is 10.6 Å². The highest BCUT2D eigenvalue weighted by Crippen LogP contribution is 2.43. The predicted octanol–water partition coefficient (Wildman–Crippen LogP) is 3.93. The van der Waals surface area contributed by atoms with Gasteiger partial charge in [0.25, 0.3) is 0 Å². The molecule has 0 saturated heterocycles. The van der Waals surface area contributed by atoms with Crippen LogP contribution in [0.25, 0.3) is 0 Å². The third-order valence-electron chi connectivity index (χ3n) is 4.37. The zero-order valence-corrected chi connectivity index (χ0v) is 13.8. The Morgan fingerprint density at radius 1 is 1.32 bits per heavy atom. The van der Waals surface area contributed by atoms with Crippen molar-refractivity contribution in [3.8, 4) is 0 Å². The zero-order valence-electron chi connectivity index (χ0n) is 13.8. The molecule has 0 fully saturated rings. The summed E-state index contributed by atoms with van der Waals surface area (Å²) in [7, 11) is 0. The average Bonchev–Trinajstić information content (AvgIpc) is 2.45. The molecule has 1 aliphatic heterocycles. The van der Waals surface area contributed by atoms with E-state index < -0.39 is 5.60 Å². The van der Waals surface area contributed by atoms with Crippen LogP contribution in [0.1, 0.15) is 52.5 Å². The normalized spacial score (nSPS) is 17.2. The minimum absolute atomic E-state index is 0.318. The SMILES string of the molecule is CCC1(CC)OC(=O)N(CCC(C)(C)N)c2ccc(F)cc21. The molecule has 2 N–H and O–H groups in total. The summed E-state index contributed by atoms with van der Waals surface area (Å²) in [6.45, 7) is 8.17. The fourth-order valence-electron chi connectivity index (χ4n) is 2.87. The van der Waals surface area contributed by atoms with Crippen LogP contribution in [0.4, 0.5) is 14.9 Å². The van der Waals surface area contributed by atoms with E-state index in [0.29, 0.717) is 25.8 Å². The molecular formula is C17H25FN2O2. The van der Waals surface area contributed by atoms with Gasteiger partial charge in [-0.1, -0.05) is 13.8 Å². The molecule has 1 amide bonds. The van der Waals surface area contributed by atoms with E-state index in [1.165, 1.54) is 12.1 Å². The van der Waals surface area contributed by atoms with E-state index in [1.54, 1.807) is 11.0 Å². The maximum atomic E-state index is 13.7. The summed E-state index contributed by atoms with van der Waals surface area (Å²) in [5.74, 6) is -0.318. The molecule has 0 saturated carbocycles. The summed E-state index contributed by atoms with van der Waals surface area (Å²) in [6, 6.07) is 4.53. The minimum Gasteiger partial charge on any atom is -0.438 e. The maximum absolute atomic E-state index is 13.7. The van der Waals surface area contributed by atoms with E-state index >= 15 is 0 Å². The van der Waals surface area contributed by atoms with Gasteiger partial charge in [-0.15, -0.1) is 0 Å². The van der Waals surface area contributed by atoms with Crippen LogP contribution >= 0.6 is 0 Å². The number of amides is 1. The number of rotatable bonds is 5. The van der Waals surface area contributed by atoms with Crippen molar-refractivity contribution in [2.75, 3.05) is 11.4 Å². The lowest BCUT2D eigenvalue weighted by molar-refractivity contribution is -0.00150. The van der Waals surface area contributed by atoms with Crippen LogP contribution in [0.2, 0.25) is 0 Å². The number of halogens is 1. The number of nitrogens with two attached hydrogens (primary N) is 1. The molecule has 1 aromatic rings. The zero-order chi connectivity index (χ0) is 16.5. The number of ether oxygens (including phenoxy) is 1. The minimum atomic E-state index is -0.747. The molecule has 0 atom stereocenters. The molecule has 122 valence electrons. The van der Waals surface area contributed by atoms with Gasteiger partial charge in [0.1, 0.15) is 11.4 Å². The molecule has 4 nitrogen and oxygen atoms in total. The molecule has 1 heterocycles. The summed E-state index contributed by atoms with van der Waals surface area (Å²) in [5, 5.41) is 0. The second kappa shape index (κ2) is 5.88. The molecular weight excluding hydrogens is 283 g/mol. The number of nitrogens with zero attached hydrogens (tertiary/aromatic N) is 1. The quantitative estimate of drug-likeness (QED) is 0.897. The Labute approximate surface area is 131 Å². The van der Waals surface area contributed by atoms with Crippen molar-refractivity contribution < 1.29 is 13.9 Å². The summed E-state index contributed by atoms with van der Waals surface area (Å²) in [4.78, 5) is 14.0. The first-order valence-electron chi connectivity index (χ1n) is 7.82. The van der Waals surface area contributed by atoms with Crippen molar-refractivity contribution >= 4 is 11.8 Å². The monoisotopic (exact) mass is 308 g/mol. The Hall–Kier alpha value is -1.62. The fourth-order valence-corrected chi connectivity index (χ4v) is 2.87. The average molecular weight is 308 g/mol. The van der Waals surface area contributed by atoms with Crippen molar-refractivity contribution in [1.29, 1.82) is 0 Å². The highest BCUT2D eigenvalue weighted by atomic mass is 19.1. The van der Waals surface area contributed by atoms with Crippen molar-refractivity contribution in [2.24, 2.45) is 5.73 Å². The smallest absolute Gasteiger partial charge is 0.415 e. The molecule has 0 aliphatic carbocycles. The predicted molar refractivity (Wildman–Crippen MR) is 85.4 cm³/mol. The van der Waals surface area contributed by atoms with Gasteiger partial charge in [-0.05, 0) is 51.3 Å². The number of fused-ring (bicyclic) bond motifs is 1. The first-order valence-corrected chi connectivity index (χ1v) is 7.82. The second-order valence-electron chi connectivity index (χ2n) is 6.62. The number of hydrogen-bond acceptors (Lipinski definition) is 3. The van der Waals surface area contributed by atoms with E-state index in [2.05, 4.69) is 0 Å². The molecule has 2 rings (SSSR count). The number of carbonyl (C=O) groups excluding carboxylic acids is 1. The van der Waals surface area contributed by atoms with Crippen molar-refractivity contribution in [1.82, 2.24) is 0 Å². The number of benzene rings is 1. The lowest BCUT2D eigenvalue weighted by Crippen LogP contribution is -2.48. The first-order chi connectivity index (χ1) is 10.2. The van der Waals surface area contributed by atoms with Crippen LogP contribution in [0.15, 0.2) is 18.2 Å². The van der Waals surface area contributed by atoms with Gasteiger partial charge in [0.05, 0.1) is 5.69 Å². The maximum Gasteiger partial charge on any atom is 0.415 e. The van der Waals surface area contributed by atoms with Crippen LogP contribution in [0, 0.1) is 5.82 Å². The fraction of sp³-hybridized carbons (Fsp3) is 0.588. The number of hydrogen-bond donors (Lipinski definition) is 1. The van der Waals surface area contributed by atoms with Crippen molar-refractivity contribution in [3.05, 3.63) is 29.6 Å². The summed E-state index contributed by atoms with van der Waals surface area (Å²) in [6.07, 6.45) is 1.47. The largest absolute Gasteiger partial charge is 0.438 e. The molecule has 0 bridgehead atoms. The molecule has 0 radical (unpaired) electrons. The summed E-state index contributed by atoms with van der Waals surface area (Å²) < 4.78 is 19.4. The molecule has 5 heteroatoms. The Morgan fingerprint density at radius 2 is 1.95 bits per heavy atom. The molecule has 22 heavy (non-hydrogen) atoms. The van der Waals surface area contributed by atoms with Crippen LogP contribution in [-0.4, -0.2) is 18.2 Å². The molecule has 0 spiro atoms. The van der Waals surface area contributed by atoms with Gasteiger partial charge < -0.3 is 10.5 Å². The van der Waals surface area contributed by atoms with E-state index in [9.17, 15) is 9.18 Å². The van der Waals surface area contributed by atoms with E-state index in [0.717, 1.165) is 11.3 Å². The lowest BCUT2D eigenvalue weighted by Gasteiger charge is -2.42. The Balaban J connectivity index is 2.45. The van der Waals surface area contributed by atoms with E-state index in [1.807, 2.05) is 27.7 Å². The summed E-state index contributed by atoms with van der Waals surface area (Å²) in [5.41, 5.74) is 6.35. The Bertz CT molecular complexity index is 562. The first kappa shape index (κ1) is 16.7. The van der Waals surface area contributed by atoms with Crippen LogP contribution in [0.5, 0.6) is 0 Å². The van der Waals surface area contributed by atoms with Gasteiger partial charge in [0.15, 0.2) is 0 Å².